The van der Waals surface area contributed by atoms with Crippen LogP contribution >= 0.6 is 0 Å². The van der Waals surface area contributed by atoms with Crippen molar-refractivity contribution < 1.29 is 14.3 Å². The lowest BCUT2D eigenvalue weighted by Gasteiger charge is -2.18. The first-order chi connectivity index (χ1) is 6.84. The highest BCUT2D eigenvalue weighted by Crippen LogP contribution is 2.11. The van der Waals surface area contributed by atoms with E-state index < -0.39 is 12.4 Å². The molecule has 0 aromatic heterocycles. The first-order valence-corrected chi connectivity index (χ1v) is 4.20. The third kappa shape index (κ3) is 2.04. The fourth-order valence-electron chi connectivity index (χ4n) is 1.11. The molecule has 0 bridgehead atoms. The van der Waals surface area contributed by atoms with E-state index in [0.717, 1.165) is 5.69 Å². The van der Waals surface area contributed by atoms with Gasteiger partial charge in [-0.2, -0.15) is 0 Å². The smallest absolute Gasteiger partial charge is 0.406 e. The van der Waals surface area contributed by atoms with Gasteiger partial charge in [0.25, 0.3) is 0 Å². The first-order valence-electron chi connectivity index (χ1n) is 4.20. The quantitative estimate of drug-likeness (QED) is 0.727. The summed E-state index contributed by atoms with van der Waals surface area (Å²) in [7, 11) is 0. The van der Waals surface area contributed by atoms with Gasteiger partial charge in [-0.05, 0) is 12.1 Å². The van der Waals surface area contributed by atoms with Gasteiger partial charge in [-0.15, -0.1) is 0 Å². The number of hydrogen-bond acceptors (Lipinski definition) is 4. The van der Waals surface area contributed by atoms with E-state index in [2.05, 4.69) is 10.1 Å². The fourth-order valence-corrected chi connectivity index (χ4v) is 1.11. The number of cyclic esters (lactones) is 2. The minimum atomic E-state index is -0.694. The molecule has 2 rings (SSSR count). The van der Waals surface area contributed by atoms with E-state index in [9.17, 15) is 4.79 Å². The van der Waals surface area contributed by atoms with Crippen LogP contribution < -0.4 is 5.32 Å². The molecule has 1 aliphatic rings. The number of ether oxygens (including phenoxy) is 2. The highest BCUT2D eigenvalue weighted by atomic mass is 16.7. The van der Waals surface area contributed by atoms with Gasteiger partial charge >= 0.3 is 6.16 Å². The zero-order valence-electron chi connectivity index (χ0n) is 7.34. The zero-order chi connectivity index (χ0) is 9.80. The van der Waals surface area contributed by atoms with Gasteiger partial charge < -0.3 is 14.8 Å². The number of nitrogens with one attached hydrogen (secondary N) is 1. The summed E-state index contributed by atoms with van der Waals surface area (Å²) in [5.41, 5.74) is 0.886. The summed E-state index contributed by atoms with van der Waals surface area (Å²) < 4.78 is 9.30. The summed E-state index contributed by atoms with van der Waals surface area (Å²) >= 11 is 0. The predicted molar refractivity (Wildman–Crippen MR) is 50.6 cm³/mol. The van der Waals surface area contributed by atoms with E-state index in [1.54, 1.807) is 6.08 Å². The summed E-state index contributed by atoms with van der Waals surface area (Å²) in [6.45, 7) is 0. The SMILES string of the molecule is O=C1OC=CC(Nc2ccccc2)O1. The molecule has 0 saturated heterocycles. The lowest BCUT2D eigenvalue weighted by atomic mass is 10.3. The van der Waals surface area contributed by atoms with E-state index in [1.165, 1.54) is 6.26 Å². The van der Waals surface area contributed by atoms with Crippen LogP contribution in [0.2, 0.25) is 0 Å². The minimum Gasteiger partial charge on any atom is -0.406 e. The Balaban J connectivity index is 2.01. The molecule has 1 N–H and O–H groups in total. The van der Waals surface area contributed by atoms with Gasteiger partial charge in [-0.25, -0.2) is 4.79 Å². The Kier molecular flexibility index (Phi) is 2.36. The molecule has 1 atom stereocenters. The average Bonchev–Trinajstić information content (AvgIpc) is 2.19. The maximum atomic E-state index is 10.7. The molecule has 4 heteroatoms. The van der Waals surface area contributed by atoms with Crippen molar-refractivity contribution in [3.05, 3.63) is 42.7 Å². The van der Waals surface area contributed by atoms with Crippen molar-refractivity contribution in [2.24, 2.45) is 0 Å². The topological polar surface area (TPSA) is 47.6 Å². The highest BCUT2D eigenvalue weighted by Gasteiger charge is 2.15. The third-order valence-corrected chi connectivity index (χ3v) is 1.72. The molecule has 0 amide bonds. The molecule has 1 heterocycles. The molecule has 0 fully saturated rings. The van der Waals surface area contributed by atoms with Gasteiger partial charge in [-0.1, -0.05) is 18.2 Å². The molecule has 14 heavy (non-hydrogen) atoms. The Labute approximate surface area is 81.1 Å². The third-order valence-electron chi connectivity index (χ3n) is 1.72. The molecule has 0 radical (unpaired) electrons. The molecular formula is C10H9NO3. The molecule has 4 nitrogen and oxygen atoms in total. The summed E-state index contributed by atoms with van der Waals surface area (Å²) in [5.74, 6) is 0. The summed E-state index contributed by atoms with van der Waals surface area (Å²) in [6.07, 6.45) is 1.78. The van der Waals surface area contributed by atoms with Crippen LogP contribution in [-0.4, -0.2) is 12.4 Å². The van der Waals surface area contributed by atoms with Crippen molar-refractivity contribution >= 4 is 11.8 Å². The normalized spacial score (nSPS) is 19.7. The Morgan fingerprint density at radius 3 is 2.71 bits per heavy atom. The monoisotopic (exact) mass is 191 g/mol. The Bertz CT molecular complexity index is 348. The number of anilines is 1. The summed E-state index contributed by atoms with van der Waals surface area (Å²) in [6, 6.07) is 9.48. The van der Waals surface area contributed by atoms with Gasteiger partial charge in [0.05, 0.1) is 6.26 Å². The predicted octanol–water partition coefficient (Wildman–Crippen LogP) is 2.11. The lowest BCUT2D eigenvalue weighted by Crippen LogP contribution is -2.27. The Hall–Kier alpha value is -1.97. The summed E-state index contributed by atoms with van der Waals surface area (Å²) in [5, 5.41) is 3.00. The fraction of sp³-hybridized carbons (Fsp3) is 0.100. The molecule has 0 aliphatic carbocycles. The standard InChI is InChI=1S/C10H9NO3/c12-10-13-7-6-9(14-10)11-8-4-2-1-3-5-8/h1-7,9,11H. The van der Waals surface area contributed by atoms with Gasteiger partial charge in [0.1, 0.15) is 0 Å². The largest absolute Gasteiger partial charge is 0.515 e. The van der Waals surface area contributed by atoms with Gasteiger partial charge in [-0.3, -0.25) is 0 Å². The molecule has 1 unspecified atom stereocenters. The van der Waals surface area contributed by atoms with Crippen molar-refractivity contribution in [2.75, 3.05) is 5.32 Å². The Morgan fingerprint density at radius 2 is 2.00 bits per heavy atom. The Morgan fingerprint density at radius 1 is 1.21 bits per heavy atom. The number of benzene rings is 1. The molecular weight excluding hydrogens is 182 g/mol. The molecule has 0 spiro atoms. The molecule has 0 saturated carbocycles. The van der Waals surface area contributed by atoms with Gasteiger partial charge in [0.15, 0.2) is 6.23 Å². The van der Waals surface area contributed by atoms with Crippen molar-refractivity contribution in [3.8, 4) is 0 Å². The second-order valence-electron chi connectivity index (χ2n) is 2.75. The van der Waals surface area contributed by atoms with Gasteiger partial charge in [0, 0.05) is 11.8 Å². The number of carbonyl (C=O) groups excluding carboxylic acids is 1. The number of rotatable bonds is 2. The van der Waals surface area contributed by atoms with E-state index in [-0.39, 0.29) is 0 Å². The van der Waals surface area contributed by atoms with Crippen molar-refractivity contribution in [2.45, 2.75) is 6.23 Å². The lowest BCUT2D eigenvalue weighted by molar-refractivity contribution is 0.0581. The second kappa shape index (κ2) is 3.83. The van der Waals surface area contributed by atoms with E-state index in [4.69, 9.17) is 4.74 Å². The number of para-hydroxylation sites is 1. The zero-order valence-corrected chi connectivity index (χ0v) is 7.34. The van der Waals surface area contributed by atoms with Crippen LogP contribution in [0.1, 0.15) is 0 Å². The van der Waals surface area contributed by atoms with E-state index in [1.807, 2.05) is 30.3 Å². The minimum absolute atomic E-state index is 0.460. The van der Waals surface area contributed by atoms with E-state index in [0.29, 0.717) is 0 Å². The average molecular weight is 191 g/mol. The van der Waals surface area contributed by atoms with Crippen molar-refractivity contribution in [1.82, 2.24) is 0 Å². The molecule has 1 aromatic carbocycles. The van der Waals surface area contributed by atoms with Crippen LogP contribution in [0, 0.1) is 0 Å². The van der Waals surface area contributed by atoms with Gasteiger partial charge in [0.2, 0.25) is 0 Å². The molecule has 72 valence electrons. The van der Waals surface area contributed by atoms with E-state index >= 15 is 0 Å². The number of hydrogen-bond donors (Lipinski definition) is 1. The van der Waals surface area contributed by atoms with Crippen molar-refractivity contribution in [1.29, 1.82) is 0 Å². The summed E-state index contributed by atoms with van der Waals surface area (Å²) in [4.78, 5) is 10.7. The maximum Gasteiger partial charge on any atom is 0.515 e. The number of carbonyl (C=O) groups is 1. The van der Waals surface area contributed by atoms with Crippen LogP contribution in [-0.2, 0) is 9.47 Å². The van der Waals surface area contributed by atoms with Crippen LogP contribution in [0.5, 0.6) is 0 Å². The maximum absolute atomic E-state index is 10.7. The van der Waals surface area contributed by atoms with Crippen LogP contribution in [0.3, 0.4) is 0 Å². The van der Waals surface area contributed by atoms with Crippen LogP contribution in [0.4, 0.5) is 10.5 Å². The molecule has 1 aliphatic heterocycles. The highest BCUT2D eigenvalue weighted by molar-refractivity contribution is 5.63. The molecule has 1 aromatic rings. The van der Waals surface area contributed by atoms with Crippen LogP contribution in [0.25, 0.3) is 0 Å². The first kappa shape index (κ1) is 8.62. The second-order valence-corrected chi connectivity index (χ2v) is 2.75. The van der Waals surface area contributed by atoms with Crippen LogP contribution in [0.15, 0.2) is 42.7 Å². The van der Waals surface area contributed by atoms with Crippen molar-refractivity contribution in [3.63, 3.8) is 0 Å².